The molecule has 0 radical (unpaired) electrons. The molecule has 25 heavy (non-hydrogen) atoms. The Morgan fingerprint density at radius 2 is 1.92 bits per heavy atom. The Kier molecular flexibility index (Phi) is 6.04. The van der Waals surface area contributed by atoms with E-state index in [4.69, 9.17) is 11.6 Å². The Morgan fingerprint density at radius 3 is 2.68 bits per heavy atom. The van der Waals surface area contributed by atoms with Crippen LogP contribution >= 0.6 is 23.4 Å². The first-order valence-corrected chi connectivity index (χ1v) is 9.12. The van der Waals surface area contributed by atoms with Crippen molar-refractivity contribution in [3.05, 3.63) is 82.6 Å². The highest BCUT2D eigenvalue weighted by Crippen LogP contribution is 2.21. The molecule has 3 aromatic rings. The van der Waals surface area contributed by atoms with Crippen LogP contribution in [0.3, 0.4) is 0 Å². The lowest BCUT2D eigenvalue weighted by molar-refractivity contribution is 0.766. The summed E-state index contributed by atoms with van der Waals surface area (Å²) in [6, 6.07) is 17.9. The number of aromatic nitrogens is 3. The van der Waals surface area contributed by atoms with E-state index < -0.39 is 0 Å². The number of benzene rings is 2. The molecule has 0 bridgehead atoms. The molecular weight excluding hydrogens is 352 g/mol. The summed E-state index contributed by atoms with van der Waals surface area (Å²) in [4.78, 5) is 0. The van der Waals surface area contributed by atoms with Gasteiger partial charge in [-0.3, -0.25) is 0 Å². The summed E-state index contributed by atoms with van der Waals surface area (Å²) >= 11 is 7.49. The van der Waals surface area contributed by atoms with Gasteiger partial charge in [-0.25, -0.2) is 0 Å². The largest absolute Gasteiger partial charge is 0.212 e. The zero-order valence-electron chi connectivity index (χ0n) is 13.7. The number of nitrogens with zero attached hydrogens (tertiary/aromatic N) is 4. The van der Waals surface area contributed by atoms with E-state index in [1.54, 1.807) is 22.8 Å². The van der Waals surface area contributed by atoms with E-state index in [1.165, 1.54) is 5.56 Å². The van der Waals surface area contributed by atoms with E-state index in [0.29, 0.717) is 0 Å². The van der Waals surface area contributed by atoms with Crippen molar-refractivity contribution in [3.63, 3.8) is 0 Å². The number of halogens is 1. The van der Waals surface area contributed by atoms with Crippen LogP contribution in [-0.2, 0) is 5.75 Å². The predicted octanol–water partition coefficient (Wildman–Crippen LogP) is 5.16. The Morgan fingerprint density at radius 1 is 1.16 bits per heavy atom. The van der Waals surface area contributed by atoms with Gasteiger partial charge in [0.15, 0.2) is 0 Å². The van der Waals surface area contributed by atoms with E-state index in [9.17, 15) is 0 Å². The van der Waals surface area contributed by atoms with Gasteiger partial charge in [0.05, 0.1) is 6.21 Å². The van der Waals surface area contributed by atoms with Gasteiger partial charge < -0.3 is 0 Å². The van der Waals surface area contributed by atoms with Gasteiger partial charge in [0.2, 0.25) is 5.16 Å². The molecule has 3 rings (SSSR count). The zero-order valence-corrected chi connectivity index (χ0v) is 15.3. The maximum atomic E-state index is 5.91. The van der Waals surface area contributed by atoms with E-state index in [2.05, 4.69) is 33.5 Å². The van der Waals surface area contributed by atoms with Crippen molar-refractivity contribution in [2.45, 2.75) is 17.8 Å². The zero-order chi connectivity index (χ0) is 17.5. The molecule has 0 N–H and O–H groups in total. The molecule has 0 fully saturated rings. The topological polar surface area (TPSA) is 43.1 Å². The average Bonchev–Trinajstić information content (AvgIpc) is 3.08. The SMILES string of the molecule is CC(/C=N\n1cnnc1SCc1ccc(Cl)cc1)=C/c1ccccc1. The number of allylic oxidation sites excluding steroid dienone is 1. The molecule has 0 amide bonds. The van der Waals surface area contributed by atoms with Crippen LogP contribution in [0, 0.1) is 0 Å². The number of rotatable bonds is 6. The Bertz CT molecular complexity index is 870. The van der Waals surface area contributed by atoms with Crippen LogP contribution < -0.4 is 0 Å². The van der Waals surface area contributed by atoms with Crippen molar-refractivity contribution in [2.75, 3.05) is 0 Å². The summed E-state index contributed by atoms with van der Waals surface area (Å²) < 4.78 is 1.68. The fourth-order valence-electron chi connectivity index (χ4n) is 2.12. The maximum Gasteiger partial charge on any atom is 0.212 e. The minimum absolute atomic E-state index is 0.738. The van der Waals surface area contributed by atoms with Crippen LogP contribution in [0.15, 0.2) is 76.8 Å². The average molecular weight is 369 g/mol. The first kappa shape index (κ1) is 17.5. The van der Waals surface area contributed by atoms with Crippen LogP contribution in [0.4, 0.5) is 0 Å². The molecule has 0 atom stereocenters. The first-order valence-electron chi connectivity index (χ1n) is 7.76. The van der Waals surface area contributed by atoms with Crippen molar-refractivity contribution in [1.29, 1.82) is 0 Å². The van der Waals surface area contributed by atoms with Gasteiger partial charge in [-0.1, -0.05) is 71.9 Å². The molecule has 126 valence electrons. The normalized spacial score (nSPS) is 12.0. The smallest absolute Gasteiger partial charge is 0.195 e. The number of thioether (sulfide) groups is 1. The molecule has 1 aromatic heterocycles. The molecule has 0 aliphatic rings. The third kappa shape index (κ3) is 5.31. The predicted molar refractivity (Wildman–Crippen MR) is 105 cm³/mol. The molecular formula is C19H17ClN4S. The van der Waals surface area contributed by atoms with Gasteiger partial charge in [0.25, 0.3) is 0 Å². The van der Waals surface area contributed by atoms with Crippen molar-refractivity contribution >= 4 is 35.7 Å². The van der Waals surface area contributed by atoms with Crippen molar-refractivity contribution in [1.82, 2.24) is 14.9 Å². The molecule has 0 aliphatic heterocycles. The van der Waals surface area contributed by atoms with Gasteiger partial charge in [-0.05, 0) is 35.8 Å². The summed E-state index contributed by atoms with van der Waals surface area (Å²) in [5.41, 5.74) is 3.37. The Hall–Kier alpha value is -2.37. The Labute approximate surface area is 156 Å². The third-order valence-electron chi connectivity index (χ3n) is 3.36. The lowest BCUT2D eigenvalue weighted by atomic mass is 10.1. The van der Waals surface area contributed by atoms with E-state index in [-0.39, 0.29) is 0 Å². The fourth-order valence-corrected chi connectivity index (χ4v) is 3.07. The molecule has 0 saturated carbocycles. The van der Waals surface area contributed by atoms with Gasteiger partial charge in [-0.2, -0.15) is 9.78 Å². The van der Waals surface area contributed by atoms with Crippen molar-refractivity contribution in [2.24, 2.45) is 5.10 Å². The third-order valence-corrected chi connectivity index (χ3v) is 4.62. The second-order valence-electron chi connectivity index (χ2n) is 5.42. The molecule has 0 saturated heterocycles. The highest BCUT2D eigenvalue weighted by Gasteiger charge is 2.04. The van der Waals surface area contributed by atoms with Crippen LogP contribution in [0.1, 0.15) is 18.1 Å². The number of hydrogen-bond acceptors (Lipinski definition) is 4. The second-order valence-corrected chi connectivity index (χ2v) is 6.80. The first-order chi connectivity index (χ1) is 12.2. The van der Waals surface area contributed by atoms with E-state index >= 15 is 0 Å². The van der Waals surface area contributed by atoms with Gasteiger partial charge in [0.1, 0.15) is 6.33 Å². The molecule has 0 spiro atoms. The number of hydrogen-bond donors (Lipinski definition) is 0. The summed E-state index contributed by atoms with van der Waals surface area (Å²) in [6.07, 6.45) is 5.49. The van der Waals surface area contributed by atoms with Crippen LogP contribution in [0.5, 0.6) is 0 Å². The Balaban J connectivity index is 1.65. The second kappa shape index (κ2) is 8.65. The van der Waals surface area contributed by atoms with Gasteiger partial charge >= 0.3 is 0 Å². The van der Waals surface area contributed by atoms with Crippen molar-refractivity contribution in [3.8, 4) is 0 Å². The van der Waals surface area contributed by atoms with Crippen LogP contribution in [-0.4, -0.2) is 21.1 Å². The van der Waals surface area contributed by atoms with E-state index in [0.717, 1.165) is 27.1 Å². The lowest BCUT2D eigenvalue weighted by Gasteiger charge is -2.02. The van der Waals surface area contributed by atoms with Gasteiger partial charge in [0, 0.05) is 10.8 Å². The molecule has 4 nitrogen and oxygen atoms in total. The maximum absolute atomic E-state index is 5.91. The summed E-state index contributed by atoms with van der Waals surface area (Å²) in [5.74, 6) is 0.782. The highest BCUT2D eigenvalue weighted by molar-refractivity contribution is 7.98. The quantitative estimate of drug-likeness (QED) is 0.445. The minimum atomic E-state index is 0.738. The molecule has 0 aliphatic carbocycles. The lowest BCUT2D eigenvalue weighted by Crippen LogP contribution is -1.92. The standard InChI is InChI=1S/C19H17ClN4S/c1-15(11-16-5-3-2-4-6-16)12-22-24-14-21-23-19(24)25-13-17-7-9-18(20)10-8-17/h2-12,14H,13H2,1H3/b15-11-,22-12-. The van der Waals surface area contributed by atoms with Gasteiger partial charge in [-0.15, -0.1) is 10.2 Å². The highest BCUT2D eigenvalue weighted by atomic mass is 35.5. The summed E-state index contributed by atoms with van der Waals surface area (Å²) in [5, 5.41) is 14.0. The monoisotopic (exact) mass is 368 g/mol. The molecule has 1 heterocycles. The summed E-state index contributed by atoms with van der Waals surface area (Å²) in [6.45, 7) is 2.02. The molecule has 0 unspecified atom stereocenters. The van der Waals surface area contributed by atoms with Crippen molar-refractivity contribution < 1.29 is 0 Å². The molecule has 6 heteroatoms. The van der Waals surface area contributed by atoms with Crippen LogP contribution in [0.25, 0.3) is 6.08 Å². The fraction of sp³-hybridized carbons (Fsp3) is 0.105. The van der Waals surface area contributed by atoms with Crippen LogP contribution in [0.2, 0.25) is 5.02 Å². The summed E-state index contributed by atoms with van der Waals surface area (Å²) in [7, 11) is 0. The van der Waals surface area contributed by atoms with E-state index in [1.807, 2.05) is 55.6 Å². The minimum Gasteiger partial charge on any atom is -0.195 e. The molecule has 2 aromatic carbocycles.